The van der Waals surface area contributed by atoms with Crippen molar-refractivity contribution >= 4 is 17.6 Å². The van der Waals surface area contributed by atoms with E-state index >= 15 is 0 Å². The number of amides is 3. The molecule has 0 spiro atoms. The minimum Gasteiger partial charge on any atom is -0.486 e. The van der Waals surface area contributed by atoms with Crippen LogP contribution in [0.2, 0.25) is 0 Å². The Balaban J connectivity index is 1.47. The maximum atomic E-state index is 12.1. The van der Waals surface area contributed by atoms with Crippen LogP contribution in [0.15, 0.2) is 18.2 Å². The molecule has 1 aliphatic heterocycles. The van der Waals surface area contributed by atoms with Gasteiger partial charge < -0.3 is 14.8 Å². The first-order chi connectivity index (χ1) is 12.1. The molecule has 3 rings (SSSR count). The highest BCUT2D eigenvalue weighted by molar-refractivity contribution is 6.01. The molecule has 136 valence electrons. The lowest BCUT2D eigenvalue weighted by atomic mass is 9.94. The van der Waals surface area contributed by atoms with E-state index in [2.05, 4.69) is 10.6 Å². The van der Waals surface area contributed by atoms with E-state index in [4.69, 9.17) is 9.47 Å². The van der Waals surface area contributed by atoms with Crippen LogP contribution in [0.25, 0.3) is 0 Å². The van der Waals surface area contributed by atoms with Gasteiger partial charge in [-0.05, 0) is 32.0 Å². The summed E-state index contributed by atoms with van der Waals surface area (Å²) < 4.78 is 10.9. The zero-order valence-electron chi connectivity index (χ0n) is 14.5. The molecule has 2 N–H and O–H groups in total. The Morgan fingerprint density at radius 1 is 1.12 bits per heavy atom. The normalized spacial score (nSPS) is 17.2. The van der Waals surface area contributed by atoms with Crippen molar-refractivity contribution in [1.29, 1.82) is 0 Å². The van der Waals surface area contributed by atoms with Crippen LogP contribution in [0.1, 0.15) is 32.1 Å². The van der Waals surface area contributed by atoms with Crippen LogP contribution in [0.5, 0.6) is 11.5 Å². The molecular formula is C18H25N3O4. The molecule has 0 bridgehead atoms. The fourth-order valence-electron chi connectivity index (χ4n) is 3.33. The quantitative estimate of drug-likeness (QED) is 0.874. The molecule has 3 amide bonds. The van der Waals surface area contributed by atoms with Gasteiger partial charge in [-0.25, -0.2) is 4.79 Å². The van der Waals surface area contributed by atoms with Gasteiger partial charge >= 0.3 is 6.03 Å². The average Bonchev–Trinajstić information content (AvgIpc) is 2.62. The number of nitrogens with one attached hydrogen (secondary N) is 2. The molecule has 1 aliphatic carbocycles. The molecule has 1 heterocycles. The number of ether oxygens (including phenoxy) is 2. The van der Waals surface area contributed by atoms with Crippen LogP contribution in [-0.4, -0.2) is 49.7 Å². The number of urea groups is 1. The average molecular weight is 347 g/mol. The van der Waals surface area contributed by atoms with E-state index in [0.29, 0.717) is 36.4 Å². The Hall–Kier alpha value is -2.28. The molecule has 0 unspecified atom stereocenters. The number of carbonyl (C=O) groups excluding carboxylic acids is 2. The summed E-state index contributed by atoms with van der Waals surface area (Å²) in [7, 11) is 1.94. The summed E-state index contributed by atoms with van der Waals surface area (Å²) in [5.74, 6) is 0.943. The van der Waals surface area contributed by atoms with Crippen LogP contribution < -0.4 is 20.1 Å². The standard InChI is InChI=1S/C18H25N3O4/c1-21(14-5-3-2-4-6-14)12-17(22)20-18(23)19-13-7-8-15-16(11-13)25-10-9-24-15/h7-8,11,14H,2-6,9-10,12H2,1H3,(H2,19,20,22,23). The first-order valence-corrected chi connectivity index (χ1v) is 8.82. The van der Waals surface area contributed by atoms with Crippen LogP contribution in [0.3, 0.4) is 0 Å². The summed E-state index contributed by atoms with van der Waals surface area (Å²) in [6, 6.07) is 5.03. The summed E-state index contributed by atoms with van der Waals surface area (Å²) in [6.07, 6.45) is 5.93. The lowest BCUT2D eigenvalue weighted by Crippen LogP contribution is -2.44. The number of nitrogens with zero attached hydrogens (tertiary/aromatic N) is 1. The summed E-state index contributed by atoms with van der Waals surface area (Å²) in [6.45, 7) is 1.22. The van der Waals surface area contributed by atoms with E-state index in [1.807, 2.05) is 11.9 Å². The first kappa shape index (κ1) is 17.5. The lowest BCUT2D eigenvalue weighted by Gasteiger charge is -2.30. The SMILES string of the molecule is CN(CC(=O)NC(=O)Nc1ccc2c(c1)OCCO2)C1CCCCC1. The van der Waals surface area contributed by atoms with Gasteiger partial charge in [0.1, 0.15) is 13.2 Å². The summed E-state index contributed by atoms with van der Waals surface area (Å²) >= 11 is 0. The second-order valence-electron chi connectivity index (χ2n) is 6.57. The highest BCUT2D eigenvalue weighted by Gasteiger charge is 2.20. The van der Waals surface area contributed by atoms with Gasteiger partial charge in [-0.2, -0.15) is 0 Å². The molecular weight excluding hydrogens is 322 g/mol. The van der Waals surface area contributed by atoms with Crippen molar-refractivity contribution in [2.75, 3.05) is 32.1 Å². The van der Waals surface area contributed by atoms with Crippen LogP contribution in [0.4, 0.5) is 10.5 Å². The second-order valence-corrected chi connectivity index (χ2v) is 6.57. The van der Waals surface area contributed by atoms with Crippen molar-refractivity contribution in [3.05, 3.63) is 18.2 Å². The van der Waals surface area contributed by atoms with Crippen molar-refractivity contribution < 1.29 is 19.1 Å². The number of fused-ring (bicyclic) bond motifs is 1. The van der Waals surface area contributed by atoms with E-state index in [9.17, 15) is 9.59 Å². The van der Waals surface area contributed by atoms with Gasteiger partial charge in [-0.3, -0.25) is 15.0 Å². The molecule has 0 atom stereocenters. The number of imide groups is 1. The van der Waals surface area contributed by atoms with Gasteiger partial charge in [-0.1, -0.05) is 19.3 Å². The van der Waals surface area contributed by atoms with Gasteiger partial charge in [0.2, 0.25) is 5.91 Å². The number of rotatable bonds is 4. The van der Waals surface area contributed by atoms with Crippen molar-refractivity contribution in [1.82, 2.24) is 10.2 Å². The molecule has 0 radical (unpaired) electrons. The second kappa shape index (κ2) is 8.20. The van der Waals surface area contributed by atoms with E-state index in [1.165, 1.54) is 19.3 Å². The fraction of sp³-hybridized carbons (Fsp3) is 0.556. The monoisotopic (exact) mass is 347 g/mol. The van der Waals surface area contributed by atoms with Gasteiger partial charge in [0.15, 0.2) is 11.5 Å². The van der Waals surface area contributed by atoms with Crippen molar-refractivity contribution in [3.8, 4) is 11.5 Å². The van der Waals surface area contributed by atoms with Gasteiger partial charge in [0.05, 0.1) is 6.54 Å². The molecule has 7 nitrogen and oxygen atoms in total. The zero-order chi connectivity index (χ0) is 17.6. The smallest absolute Gasteiger partial charge is 0.325 e. The number of hydrogen-bond acceptors (Lipinski definition) is 5. The van der Waals surface area contributed by atoms with Crippen LogP contribution >= 0.6 is 0 Å². The summed E-state index contributed by atoms with van der Waals surface area (Å²) in [5.41, 5.74) is 0.551. The number of benzene rings is 1. The maximum absolute atomic E-state index is 12.1. The maximum Gasteiger partial charge on any atom is 0.325 e. The Bertz CT molecular complexity index is 629. The number of carbonyl (C=O) groups is 2. The van der Waals surface area contributed by atoms with Crippen molar-refractivity contribution in [3.63, 3.8) is 0 Å². The summed E-state index contributed by atoms with van der Waals surface area (Å²) in [4.78, 5) is 26.1. The fourth-order valence-corrected chi connectivity index (χ4v) is 3.33. The Morgan fingerprint density at radius 3 is 2.60 bits per heavy atom. The molecule has 1 saturated carbocycles. The zero-order valence-corrected chi connectivity index (χ0v) is 14.5. The third kappa shape index (κ3) is 4.85. The Kier molecular flexibility index (Phi) is 5.75. The van der Waals surface area contributed by atoms with Gasteiger partial charge in [0.25, 0.3) is 0 Å². The largest absolute Gasteiger partial charge is 0.486 e. The molecule has 1 aromatic carbocycles. The number of anilines is 1. The van der Waals surface area contributed by atoms with E-state index in [1.54, 1.807) is 18.2 Å². The van der Waals surface area contributed by atoms with Gasteiger partial charge in [-0.15, -0.1) is 0 Å². The molecule has 1 aromatic rings. The third-order valence-electron chi connectivity index (χ3n) is 4.64. The molecule has 0 saturated heterocycles. The lowest BCUT2D eigenvalue weighted by molar-refractivity contribution is -0.121. The summed E-state index contributed by atoms with van der Waals surface area (Å²) in [5, 5.41) is 5.03. The molecule has 0 aromatic heterocycles. The van der Waals surface area contributed by atoms with E-state index in [0.717, 1.165) is 12.8 Å². The molecule has 25 heavy (non-hydrogen) atoms. The minimum absolute atomic E-state index is 0.221. The minimum atomic E-state index is -0.543. The highest BCUT2D eigenvalue weighted by Crippen LogP contribution is 2.32. The Labute approximate surface area is 147 Å². The first-order valence-electron chi connectivity index (χ1n) is 8.82. The topological polar surface area (TPSA) is 79.9 Å². The van der Waals surface area contributed by atoms with Gasteiger partial charge in [0, 0.05) is 17.8 Å². The number of hydrogen-bond donors (Lipinski definition) is 2. The molecule has 7 heteroatoms. The van der Waals surface area contributed by atoms with E-state index in [-0.39, 0.29) is 12.5 Å². The van der Waals surface area contributed by atoms with Crippen LogP contribution in [0, 0.1) is 0 Å². The predicted molar refractivity (Wildman–Crippen MR) is 94.1 cm³/mol. The van der Waals surface area contributed by atoms with Crippen molar-refractivity contribution in [2.45, 2.75) is 38.1 Å². The third-order valence-corrected chi connectivity index (χ3v) is 4.64. The number of likely N-dealkylation sites (N-methyl/N-ethyl adjacent to an activating group) is 1. The van der Waals surface area contributed by atoms with E-state index < -0.39 is 6.03 Å². The Morgan fingerprint density at radius 2 is 1.84 bits per heavy atom. The predicted octanol–water partition coefficient (Wildman–Crippen LogP) is 2.37. The van der Waals surface area contributed by atoms with Crippen LogP contribution in [-0.2, 0) is 4.79 Å². The highest BCUT2D eigenvalue weighted by atomic mass is 16.6. The molecule has 2 aliphatic rings. The molecule has 1 fully saturated rings. The van der Waals surface area contributed by atoms with Crippen molar-refractivity contribution in [2.24, 2.45) is 0 Å².